The Kier molecular flexibility index (Phi) is 4.55. The van der Waals surface area contributed by atoms with E-state index >= 15 is 0 Å². The maximum absolute atomic E-state index is 13.2. The fourth-order valence-corrected chi connectivity index (χ4v) is 1.34. The highest BCUT2D eigenvalue weighted by Crippen LogP contribution is 2.11. The Morgan fingerprint density at radius 3 is 2.69 bits per heavy atom. The van der Waals surface area contributed by atoms with Gasteiger partial charge in [-0.15, -0.1) is 0 Å². The zero-order valence-electron chi connectivity index (χ0n) is 9.30. The molecule has 0 aliphatic heterocycles. The molecule has 1 unspecified atom stereocenters. The average molecular weight is 228 g/mol. The predicted molar refractivity (Wildman–Crippen MR) is 56.2 cm³/mol. The van der Waals surface area contributed by atoms with Gasteiger partial charge in [0.2, 0.25) is 0 Å². The first kappa shape index (κ1) is 12.8. The number of carbonyl (C=O) groups is 1. The van der Waals surface area contributed by atoms with Gasteiger partial charge < -0.3 is 4.74 Å². The minimum atomic E-state index is -0.697. The van der Waals surface area contributed by atoms with Gasteiger partial charge in [-0.25, -0.2) is 8.78 Å². The van der Waals surface area contributed by atoms with Gasteiger partial charge in [0.25, 0.3) is 0 Å². The monoisotopic (exact) mass is 228 g/mol. The van der Waals surface area contributed by atoms with Gasteiger partial charge in [0.15, 0.2) is 5.78 Å². The van der Waals surface area contributed by atoms with Crippen molar-refractivity contribution in [1.82, 2.24) is 0 Å². The first-order chi connectivity index (χ1) is 7.54. The summed E-state index contributed by atoms with van der Waals surface area (Å²) in [5.41, 5.74) is 0.193. The number of hydrogen-bond donors (Lipinski definition) is 0. The second-order valence-corrected chi connectivity index (χ2v) is 3.48. The van der Waals surface area contributed by atoms with E-state index in [9.17, 15) is 13.6 Å². The molecular formula is C12H14F2O2. The summed E-state index contributed by atoms with van der Waals surface area (Å²) in [6, 6.07) is 3.19. The van der Waals surface area contributed by atoms with Crippen LogP contribution < -0.4 is 0 Å². The van der Waals surface area contributed by atoms with Crippen LogP contribution in [0, 0.1) is 11.6 Å². The van der Waals surface area contributed by atoms with Crippen LogP contribution in [0.1, 0.15) is 19.4 Å². The van der Waals surface area contributed by atoms with Gasteiger partial charge in [-0.3, -0.25) is 4.79 Å². The van der Waals surface area contributed by atoms with Crippen molar-refractivity contribution in [2.75, 3.05) is 6.61 Å². The number of ether oxygens (including phenoxy) is 1. The third-order valence-electron chi connectivity index (χ3n) is 2.25. The van der Waals surface area contributed by atoms with Gasteiger partial charge in [-0.1, -0.05) is 6.07 Å². The standard InChI is InChI=1S/C12H14F2O2/c1-3-16-8(2)12(15)6-9-4-5-10(13)7-11(9)14/h4-5,7-8H,3,6H2,1-2H3. The SMILES string of the molecule is CCOC(C)C(=O)Cc1ccc(F)cc1F. The van der Waals surface area contributed by atoms with E-state index in [1.807, 2.05) is 0 Å². The van der Waals surface area contributed by atoms with Crippen molar-refractivity contribution in [3.05, 3.63) is 35.4 Å². The van der Waals surface area contributed by atoms with E-state index in [1.165, 1.54) is 6.07 Å². The molecule has 0 bridgehead atoms. The quantitative estimate of drug-likeness (QED) is 0.774. The number of benzene rings is 1. The molecule has 0 spiro atoms. The van der Waals surface area contributed by atoms with E-state index in [1.54, 1.807) is 13.8 Å². The largest absolute Gasteiger partial charge is 0.371 e. The molecule has 0 saturated heterocycles. The molecule has 2 nitrogen and oxygen atoms in total. The lowest BCUT2D eigenvalue weighted by molar-refractivity contribution is -0.128. The minimum absolute atomic E-state index is 0.0761. The van der Waals surface area contributed by atoms with Crippen molar-refractivity contribution in [2.45, 2.75) is 26.4 Å². The second kappa shape index (κ2) is 5.70. The van der Waals surface area contributed by atoms with Crippen molar-refractivity contribution < 1.29 is 18.3 Å². The lowest BCUT2D eigenvalue weighted by Gasteiger charge is -2.10. The molecule has 0 aliphatic carbocycles. The third kappa shape index (κ3) is 3.38. The molecule has 0 aliphatic rings. The summed E-state index contributed by atoms with van der Waals surface area (Å²) in [5.74, 6) is -1.56. The third-order valence-corrected chi connectivity index (χ3v) is 2.25. The molecule has 1 aromatic rings. The molecule has 0 aromatic heterocycles. The average Bonchev–Trinajstić information content (AvgIpc) is 2.22. The highest BCUT2D eigenvalue weighted by Gasteiger charge is 2.15. The van der Waals surface area contributed by atoms with Crippen molar-refractivity contribution in [3.8, 4) is 0 Å². The normalized spacial score (nSPS) is 12.5. The van der Waals surface area contributed by atoms with Crippen LogP contribution in [0.2, 0.25) is 0 Å². The highest BCUT2D eigenvalue weighted by atomic mass is 19.1. The maximum Gasteiger partial charge on any atom is 0.165 e. The molecule has 0 saturated carbocycles. The summed E-state index contributed by atoms with van der Waals surface area (Å²) in [7, 11) is 0. The van der Waals surface area contributed by atoms with Crippen LogP contribution in [-0.2, 0) is 16.0 Å². The molecule has 0 heterocycles. The molecule has 1 rings (SSSR count). The van der Waals surface area contributed by atoms with Crippen molar-refractivity contribution >= 4 is 5.78 Å². The van der Waals surface area contributed by atoms with Crippen LogP contribution in [0.15, 0.2) is 18.2 Å². The molecule has 1 aromatic carbocycles. The van der Waals surface area contributed by atoms with Crippen LogP contribution in [-0.4, -0.2) is 18.5 Å². The van der Waals surface area contributed by atoms with Crippen LogP contribution in [0.4, 0.5) is 8.78 Å². The maximum atomic E-state index is 13.2. The van der Waals surface area contributed by atoms with Gasteiger partial charge in [0, 0.05) is 19.1 Å². The Morgan fingerprint density at radius 2 is 2.12 bits per heavy atom. The number of Topliss-reactive ketones (excluding diaryl/α,β-unsaturated/α-hetero) is 1. The first-order valence-corrected chi connectivity index (χ1v) is 5.12. The van der Waals surface area contributed by atoms with E-state index in [2.05, 4.69) is 0 Å². The van der Waals surface area contributed by atoms with E-state index < -0.39 is 17.7 Å². The summed E-state index contributed by atoms with van der Waals surface area (Å²) in [4.78, 5) is 11.6. The molecule has 16 heavy (non-hydrogen) atoms. The number of rotatable bonds is 5. The van der Waals surface area contributed by atoms with E-state index in [-0.39, 0.29) is 17.8 Å². The lowest BCUT2D eigenvalue weighted by atomic mass is 10.1. The number of carbonyl (C=O) groups excluding carboxylic acids is 1. The highest BCUT2D eigenvalue weighted by molar-refractivity contribution is 5.84. The van der Waals surface area contributed by atoms with Gasteiger partial charge in [-0.2, -0.15) is 0 Å². The molecule has 0 N–H and O–H groups in total. The van der Waals surface area contributed by atoms with E-state index in [4.69, 9.17) is 4.74 Å². The van der Waals surface area contributed by atoms with E-state index in [0.717, 1.165) is 12.1 Å². The van der Waals surface area contributed by atoms with Crippen LogP contribution >= 0.6 is 0 Å². The molecule has 88 valence electrons. The van der Waals surface area contributed by atoms with Crippen LogP contribution in [0.25, 0.3) is 0 Å². The summed E-state index contributed by atoms with van der Waals surface area (Å²) < 4.78 is 30.9. The molecule has 4 heteroatoms. The van der Waals surface area contributed by atoms with Crippen LogP contribution in [0.5, 0.6) is 0 Å². The van der Waals surface area contributed by atoms with Crippen molar-refractivity contribution in [3.63, 3.8) is 0 Å². The molecular weight excluding hydrogens is 214 g/mol. The summed E-state index contributed by atoms with van der Waals surface area (Å²) in [6.07, 6.45) is -0.637. The topological polar surface area (TPSA) is 26.3 Å². The summed E-state index contributed by atoms with van der Waals surface area (Å²) in [5, 5.41) is 0. The Balaban J connectivity index is 2.69. The fraction of sp³-hybridized carbons (Fsp3) is 0.417. The minimum Gasteiger partial charge on any atom is -0.371 e. The zero-order chi connectivity index (χ0) is 12.1. The molecule has 0 amide bonds. The fourth-order valence-electron chi connectivity index (χ4n) is 1.34. The zero-order valence-corrected chi connectivity index (χ0v) is 9.30. The van der Waals surface area contributed by atoms with Gasteiger partial charge in [-0.05, 0) is 25.5 Å². The molecule has 1 atom stereocenters. The van der Waals surface area contributed by atoms with Crippen LogP contribution in [0.3, 0.4) is 0 Å². The van der Waals surface area contributed by atoms with Gasteiger partial charge >= 0.3 is 0 Å². The Morgan fingerprint density at radius 1 is 1.44 bits per heavy atom. The molecule has 0 radical (unpaired) electrons. The summed E-state index contributed by atoms with van der Waals surface area (Å²) >= 11 is 0. The Hall–Kier alpha value is -1.29. The van der Waals surface area contributed by atoms with Crippen molar-refractivity contribution in [1.29, 1.82) is 0 Å². The van der Waals surface area contributed by atoms with Gasteiger partial charge in [0.05, 0.1) is 0 Å². The number of hydrogen-bond acceptors (Lipinski definition) is 2. The summed E-state index contributed by atoms with van der Waals surface area (Å²) in [6.45, 7) is 3.83. The van der Waals surface area contributed by atoms with Gasteiger partial charge in [0.1, 0.15) is 17.7 Å². The van der Waals surface area contributed by atoms with Crippen molar-refractivity contribution in [2.24, 2.45) is 0 Å². The number of ketones is 1. The first-order valence-electron chi connectivity index (χ1n) is 5.12. The predicted octanol–water partition coefficient (Wildman–Crippen LogP) is 2.50. The lowest BCUT2D eigenvalue weighted by Crippen LogP contribution is -2.23. The smallest absolute Gasteiger partial charge is 0.165 e. The van der Waals surface area contributed by atoms with E-state index in [0.29, 0.717) is 6.61 Å². The molecule has 0 fully saturated rings. The Labute approximate surface area is 93.2 Å². The number of halogens is 2. The Bertz CT molecular complexity index is 377. The second-order valence-electron chi connectivity index (χ2n) is 3.48.